The number of amides is 2. The second kappa shape index (κ2) is 9.38. The molecule has 1 unspecified atom stereocenters. The summed E-state index contributed by atoms with van der Waals surface area (Å²) in [5.74, 6) is -0.881. The molecule has 0 radical (unpaired) electrons. The molecule has 7 heteroatoms. The predicted molar refractivity (Wildman–Crippen MR) is 84.4 cm³/mol. The molecule has 1 aromatic rings. The van der Waals surface area contributed by atoms with Crippen molar-refractivity contribution in [2.75, 3.05) is 19.6 Å². The van der Waals surface area contributed by atoms with E-state index in [-0.39, 0.29) is 43.0 Å². The first-order valence-corrected chi connectivity index (χ1v) is 7.15. The lowest BCUT2D eigenvalue weighted by Gasteiger charge is -2.11. The Labute approximate surface area is 135 Å². The van der Waals surface area contributed by atoms with Crippen molar-refractivity contribution in [2.24, 2.45) is 0 Å². The van der Waals surface area contributed by atoms with Crippen LogP contribution in [0.1, 0.15) is 18.4 Å². The first kappa shape index (κ1) is 18.4. The van der Waals surface area contributed by atoms with Crippen LogP contribution in [-0.2, 0) is 16.0 Å². The van der Waals surface area contributed by atoms with E-state index in [4.69, 9.17) is 0 Å². The summed E-state index contributed by atoms with van der Waals surface area (Å²) < 4.78 is 13.0. The van der Waals surface area contributed by atoms with Crippen molar-refractivity contribution in [1.82, 2.24) is 16.0 Å². The summed E-state index contributed by atoms with van der Waals surface area (Å²) in [6.45, 7) is 1.52. The summed E-state index contributed by atoms with van der Waals surface area (Å²) in [5.41, 5.74) is 0.586. The molecule has 2 rings (SSSR count). The quantitative estimate of drug-likeness (QED) is 0.722. The first-order valence-electron chi connectivity index (χ1n) is 7.15. The Kier molecular flexibility index (Phi) is 7.84. The van der Waals surface area contributed by atoms with E-state index >= 15 is 0 Å². The maximum atomic E-state index is 13.0. The number of nitrogens with one attached hydrogen (secondary N) is 3. The highest BCUT2D eigenvalue weighted by atomic mass is 35.5. The molecular formula is C15H21ClFN3O2. The molecule has 1 aromatic carbocycles. The van der Waals surface area contributed by atoms with Crippen molar-refractivity contribution in [3.63, 3.8) is 0 Å². The van der Waals surface area contributed by atoms with Gasteiger partial charge < -0.3 is 16.0 Å². The van der Waals surface area contributed by atoms with E-state index in [2.05, 4.69) is 16.0 Å². The third kappa shape index (κ3) is 6.41. The summed E-state index contributed by atoms with van der Waals surface area (Å²) in [6, 6.07) is 6.20. The van der Waals surface area contributed by atoms with Crippen LogP contribution in [0, 0.1) is 5.82 Å². The van der Waals surface area contributed by atoms with Gasteiger partial charge in [-0.2, -0.15) is 0 Å². The zero-order chi connectivity index (χ0) is 15.1. The zero-order valence-electron chi connectivity index (χ0n) is 12.2. The van der Waals surface area contributed by atoms with Gasteiger partial charge in [-0.05, 0) is 37.1 Å². The first-order chi connectivity index (χ1) is 10.1. The number of benzene rings is 1. The van der Waals surface area contributed by atoms with Crippen LogP contribution < -0.4 is 16.0 Å². The van der Waals surface area contributed by atoms with Crippen LogP contribution in [0.5, 0.6) is 0 Å². The van der Waals surface area contributed by atoms with Gasteiger partial charge in [-0.25, -0.2) is 4.39 Å². The largest absolute Gasteiger partial charge is 0.353 e. The van der Waals surface area contributed by atoms with Crippen LogP contribution in [-0.4, -0.2) is 37.5 Å². The van der Waals surface area contributed by atoms with Gasteiger partial charge >= 0.3 is 0 Å². The van der Waals surface area contributed by atoms with Crippen molar-refractivity contribution in [3.8, 4) is 0 Å². The number of carbonyl (C=O) groups excluding carboxylic acids is 2. The highest BCUT2D eigenvalue weighted by Crippen LogP contribution is 2.04. The van der Waals surface area contributed by atoms with E-state index in [0.29, 0.717) is 18.2 Å². The third-order valence-corrected chi connectivity index (χ3v) is 3.41. The second-order valence-corrected chi connectivity index (χ2v) is 5.18. The molecular weight excluding hydrogens is 309 g/mol. The monoisotopic (exact) mass is 329 g/mol. The van der Waals surface area contributed by atoms with Crippen molar-refractivity contribution >= 4 is 24.2 Å². The van der Waals surface area contributed by atoms with Gasteiger partial charge in [0.05, 0.1) is 13.0 Å². The summed E-state index contributed by atoms with van der Waals surface area (Å²) in [7, 11) is 0. The van der Waals surface area contributed by atoms with Gasteiger partial charge in [-0.1, -0.05) is 12.1 Å². The van der Waals surface area contributed by atoms with Crippen molar-refractivity contribution in [2.45, 2.75) is 25.3 Å². The molecule has 2 amide bonds. The van der Waals surface area contributed by atoms with E-state index in [1.54, 1.807) is 12.1 Å². The highest BCUT2D eigenvalue weighted by Gasteiger charge is 2.14. The van der Waals surface area contributed by atoms with Gasteiger partial charge in [-0.3, -0.25) is 9.59 Å². The average Bonchev–Trinajstić information content (AvgIpc) is 2.96. The number of halogens is 2. The van der Waals surface area contributed by atoms with E-state index < -0.39 is 0 Å². The molecule has 0 spiro atoms. The van der Waals surface area contributed by atoms with Crippen LogP contribution in [0.15, 0.2) is 24.3 Å². The predicted octanol–water partition coefficient (Wildman–Crippen LogP) is 0.774. The lowest BCUT2D eigenvalue weighted by molar-refractivity contribution is -0.125. The second-order valence-electron chi connectivity index (χ2n) is 5.18. The SMILES string of the molecule is Cl.O=C(CNC(=O)Cc1cccc(F)c1)NCC1CCCN1. The Morgan fingerprint density at radius 2 is 2.09 bits per heavy atom. The van der Waals surface area contributed by atoms with E-state index in [0.717, 1.165) is 19.4 Å². The molecule has 1 saturated heterocycles. The van der Waals surface area contributed by atoms with Crippen molar-refractivity contribution < 1.29 is 14.0 Å². The van der Waals surface area contributed by atoms with Crippen LogP contribution in [0.3, 0.4) is 0 Å². The van der Waals surface area contributed by atoms with Gasteiger partial charge in [0, 0.05) is 12.6 Å². The topological polar surface area (TPSA) is 70.2 Å². The molecule has 0 saturated carbocycles. The van der Waals surface area contributed by atoms with E-state index in [1.807, 2.05) is 0 Å². The molecule has 5 nitrogen and oxygen atoms in total. The van der Waals surface area contributed by atoms with Gasteiger partial charge in [0.25, 0.3) is 0 Å². The Morgan fingerprint density at radius 3 is 2.77 bits per heavy atom. The van der Waals surface area contributed by atoms with E-state index in [9.17, 15) is 14.0 Å². The third-order valence-electron chi connectivity index (χ3n) is 3.41. The van der Waals surface area contributed by atoms with E-state index in [1.165, 1.54) is 12.1 Å². The summed E-state index contributed by atoms with van der Waals surface area (Å²) in [5, 5.41) is 8.59. The average molecular weight is 330 g/mol. The maximum Gasteiger partial charge on any atom is 0.239 e. The van der Waals surface area contributed by atoms with Crippen LogP contribution in [0.2, 0.25) is 0 Å². The minimum atomic E-state index is -0.373. The summed E-state index contributed by atoms with van der Waals surface area (Å²) in [4.78, 5) is 23.3. The minimum Gasteiger partial charge on any atom is -0.353 e. The van der Waals surface area contributed by atoms with Gasteiger partial charge in [-0.15, -0.1) is 12.4 Å². The molecule has 3 N–H and O–H groups in total. The molecule has 1 aliphatic rings. The Bertz CT molecular complexity index is 507. The number of hydrogen-bond acceptors (Lipinski definition) is 3. The normalized spacial score (nSPS) is 16.7. The fraction of sp³-hybridized carbons (Fsp3) is 0.467. The van der Waals surface area contributed by atoms with Gasteiger partial charge in [0.1, 0.15) is 5.82 Å². The number of hydrogen-bond donors (Lipinski definition) is 3. The highest BCUT2D eigenvalue weighted by molar-refractivity contribution is 5.86. The fourth-order valence-corrected chi connectivity index (χ4v) is 2.30. The molecule has 122 valence electrons. The maximum absolute atomic E-state index is 13.0. The molecule has 1 fully saturated rings. The van der Waals surface area contributed by atoms with Crippen LogP contribution in [0.4, 0.5) is 4.39 Å². The zero-order valence-corrected chi connectivity index (χ0v) is 13.0. The number of rotatable bonds is 6. The standard InChI is InChI=1S/C15H20FN3O2.ClH/c16-12-4-1-3-11(7-12)8-14(20)19-10-15(21)18-9-13-5-2-6-17-13;/h1,3-4,7,13,17H,2,5-6,8-10H2,(H,18,21)(H,19,20);1H. The smallest absolute Gasteiger partial charge is 0.239 e. The molecule has 22 heavy (non-hydrogen) atoms. The van der Waals surface area contributed by atoms with Gasteiger partial charge in [0.2, 0.25) is 11.8 Å². The molecule has 0 aliphatic carbocycles. The lowest BCUT2D eigenvalue weighted by Crippen LogP contribution is -2.42. The molecule has 0 aromatic heterocycles. The lowest BCUT2D eigenvalue weighted by atomic mass is 10.1. The fourth-order valence-electron chi connectivity index (χ4n) is 2.30. The summed E-state index contributed by atoms with van der Waals surface area (Å²) >= 11 is 0. The van der Waals surface area contributed by atoms with Crippen LogP contribution in [0.25, 0.3) is 0 Å². The van der Waals surface area contributed by atoms with Crippen molar-refractivity contribution in [3.05, 3.63) is 35.6 Å². The Hall–Kier alpha value is -1.66. The Morgan fingerprint density at radius 1 is 1.27 bits per heavy atom. The molecule has 0 bridgehead atoms. The van der Waals surface area contributed by atoms with Crippen molar-refractivity contribution in [1.29, 1.82) is 0 Å². The van der Waals surface area contributed by atoms with Gasteiger partial charge in [0.15, 0.2) is 0 Å². The van der Waals surface area contributed by atoms with Crippen LogP contribution >= 0.6 is 12.4 Å². The molecule has 1 heterocycles. The Balaban J connectivity index is 0.00000242. The summed E-state index contributed by atoms with van der Waals surface area (Å²) in [6.07, 6.45) is 2.26. The molecule has 1 aliphatic heterocycles. The minimum absolute atomic E-state index is 0. The molecule has 1 atom stereocenters. The number of carbonyl (C=O) groups is 2.